The van der Waals surface area contributed by atoms with Crippen LogP contribution >= 0.6 is 31.9 Å². The van der Waals surface area contributed by atoms with E-state index < -0.39 is 0 Å². The Morgan fingerprint density at radius 2 is 1.04 bits per heavy atom. The average molecular weight is 760 g/mol. The Labute approximate surface area is 293 Å². The molecule has 0 spiro atoms. The Bertz CT molecular complexity index is 2100. The molecule has 6 aromatic heterocycles. The van der Waals surface area contributed by atoms with E-state index in [0.717, 1.165) is 65.8 Å². The number of rotatable bonds is 8. The van der Waals surface area contributed by atoms with Gasteiger partial charge in [-0.25, -0.2) is 19.9 Å². The minimum atomic E-state index is 0.638. The second kappa shape index (κ2) is 14.5. The van der Waals surface area contributed by atoms with Gasteiger partial charge in [-0.3, -0.25) is 18.8 Å². The van der Waals surface area contributed by atoms with Crippen LogP contribution in [-0.4, -0.2) is 38.7 Å². The zero-order valence-electron chi connectivity index (χ0n) is 25.4. The summed E-state index contributed by atoms with van der Waals surface area (Å²) in [6.07, 6.45) is 14.7. The smallest absolute Gasteiger partial charge is 0.181 e. The molecule has 0 unspecified atom stereocenters. The van der Waals surface area contributed by atoms with Gasteiger partial charge in [-0.15, -0.1) is 0 Å². The zero-order valence-corrected chi connectivity index (χ0v) is 28.6. The molecule has 0 aliphatic heterocycles. The van der Waals surface area contributed by atoms with Crippen molar-refractivity contribution in [3.63, 3.8) is 0 Å². The molecule has 8 aromatic rings. The Balaban J connectivity index is 0.000000152. The summed E-state index contributed by atoms with van der Waals surface area (Å²) in [5.74, 6) is 1.49. The summed E-state index contributed by atoms with van der Waals surface area (Å²) < 4.78 is 5.76. The van der Waals surface area contributed by atoms with Gasteiger partial charge in [0.05, 0.1) is 23.8 Å². The van der Waals surface area contributed by atoms with Gasteiger partial charge in [-0.05, 0) is 61.2 Å². The van der Waals surface area contributed by atoms with Gasteiger partial charge in [0.15, 0.2) is 22.9 Å². The average Bonchev–Trinajstić information content (AvgIpc) is 3.73. The Hall–Kier alpha value is -5.46. The summed E-state index contributed by atoms with van der Waals surface area (Å²) in [4.78, 5) is 26.6. The van der Waals surface area contributed by atoms with Crippen molar-refractivity contribution in [3.05, 3.63) is 155 Å². The maximum atomic E-state index is 4.77. The Kier molecular flexibility index (Phi) is 9.43. The fraction of sp³-hybridized carbons (Fsp3) is 0.0556. The monoisotopic (exact) mass is 758 g/mol. The normalized spacial score (nSPS) is 10.9. The Morgan fingerprint density at radius 3 is 1.54 bits per heavy atom. The van der Waals surface area contributed by atoms with Gasteiger partial charge in [0.25, 0.3) is 0 Å². The largest absolute Gasteiger partial charge is 0.363 e. The highest BCUT2D eigenvalue weighted by Crippen LogP contribution is 2.27. The predicted molar refractivity (Wildman–Crippen MR) is 195 cm³/mol. The summed E-state index contributed by atoms with van der Waals surface area (Å²) in [6, 6.07) is 28.1. The zero-order chi connectivity index (χ0) is 32.7. The highest BCUT2D eigenvalue weighted by molar-refractivity contribution is 9.10. The van der Waals surface area contributed by atoms with Gasteiger partial charge in [-0.1, -0.05) is 66.7 Å². The summed E-state index contributed by atoms with van der Waals surface area (Å²) in [7, 11) is 0. The molecule has 0 saturated heterocycles. The SMILES string of the molecule is Brc1cnc2c(NCc3cccnc3)nc(-c3ccccc3)cn12.Brc1cnc2c(NCc3ccncc3)nc(-c3ccccc3)cn12. The number of halogens is 2. The van der Waals surface area contributed by atoms with E-state index in [2.05, 4.69) is 62.4 Å². The third-order valence-electron chi connectivity index (χ3n) is 7.43. The lowest BCUT2D eigenvalue weighted by molar-refractivity contribution is 1.05. The van der Waals surface area contributed by atoms with Crippen LogP contribution in [0.3, 0.4) is 0 Å². The molecule has 10 nitrogen and oxygen atoms in total. The number of nitrogens with one attached hydrogen (secondary N) is 2. The van der Waals surface area contributed by atoms with Crippen molar-refractivity contribution in [1.82, 2.24) is 38.7 Å². The number of hydrogen-bond donors (Lipinski definition) is 2. The number of hydrogen-bond acceptors (Lipinski definition) is 8. The van der Waals surface area contributed by atoms with Gasteiger partial charge in [-0.2, -0.15) is 0 Å². The van der Waals surface area contributed by atoms with Crippen molar-refractivity contribution in [3.8, 4) is 22.5 Å². The van der Waals surface area contributed by atoms with E-state index in [4.69, 9.17) is 9.97 Å². The van der Waals surface area contributed by atoms with Crippen molar-refractivity contribution >= 4 is 54.8 Å². The molecule has 0 saturated carbocycles. The number of fused-ring (bicyclic) bond motifs is 2. The quantitative estimate of drug-likeness (QED) is 0.159. The third-order valence-corrected chi connectivity index (χ3v) is 8.60. The molecule has 48 heavy (non-hydrogen) atoms. The van der Waals surface area contributed by atoms with Crippen LogP contribution in [0.2, 0.25) is 0 Å². The van der Waals surface area contributed by atoms with E-state index >= 15 is 0 Å². The van der Waals surface area contributed by atoms with Crippen LogP contribution in [-0.2, 0) is 13.1 Å². The molecule has 236 valence electrons. The molecule has 2 aromatic carbocycles. The lowest BCUT2D eigenvalue weighted by Gasteiger charge is -2.10. The first kappa shape index (κ1) is 31.2. The number of pyridine rings is 2. The summed E-state index contributed by atoms with van der Waals surface area (Å²) in [5.41, 5.74) is 7.70. The maximum Gasteiger partial charge on any atom is 0.181 e. The van der Waals surface area contributed by atoms with Gasteiger partial charge < -0.3 is 10.6 Å². The topological polar surface area (TPSA) is 110 Å². The fourth-order valence-electron chi connectivity index (χ4n) is 5.03. The Morgan fingerprint density at radius 1 is 0.521 bits per heavy atom. The molecular formula is C36H28Br2N10. The van der Waals surface area contributed by atoms with E-state index in [1.165, 1.54) is 0 Å². The van der Waals surface area contributed by atoms with E-state index in [9.17, 15) is 0 Å². The third kappa shape index (κ3) is 7.09. The van der Waals surface area contributed by atoms with E-state index in [0.29, 0.717) is 13.1 Å². The van der Waals surface area contributed by atoms with Crippen LogP contribution in [0.5, 0.6) is 0 Å². The van der Waals surface area contributed by atoms with Crippen molar-refractivity contribution < 1.29 is 0 Å². The predicted octanol–water partition coefficient (Wildman–Crippen LogP) is 8.33. The standard InChI is InChI=1S/2C18H14BrN5/c19-16-11-22-18-17(21-10-13-5-4-8-20-9-13)23-15(12-24(16)18)14-6-2-1-3-7-14;19-16-11-22-18-17(21-10-13-6-8-20-9-7-13)23-15(12-24(16)18)14-4-2-1-3-5-14/h2*1-9,11-12H,10H2,(H,21,23). The molecular weight excluding hydrogens is 732 g/mol. The molecule has 0 aliphatic carbocycles. The minimum Gasteiger partial charge on any atom is -0.363 e. The lowest BCUT2D eigenvalue weighted by atomic mass is 10.2. The highest BCUT2D eigenvalue weighted by atomic mass is 79.9. The van der Waals surface area contributed by atoms with E-state index in [1.54, 1.807) is 31.0 Å². The summed E-state index contributed by atoms with van der Waals surface area (Å²) in [6.45, 7) is 1.30. The minimum absolute atomic E-state index is 0.638. The second-order valence-electron chi connectivity index (χ2n) is 10.7. The molecule has 0 aliphatic rings. The molecule has 6 heterocycles. The number of benzene rings is 2. The summed E-state index contributed by atoms with van der Waals surface area (Å²) in [5, 5.41) is 6.76. The molecule has 12 heteroatoms. The molecule has 0 bridgehead atoms. The van der Waals surface area contributed by atoms with Gasteiger partial charge >= 0.3 is 0 Å². The fourth-order valence-corrected chi connectivity index (χ4v) is 5.77. The number of anilines is 2. The number of imidazole rings is 2. The molecule has 2 N–H and O–H groups in total. The van der Waals surface area contributed by atoms with Crippen LogP contribution in [0, 0.1) is 0 Å². The van der Waals surface area contributed by atoms with Crippen LogP contribution in [0.15, 0.2) is 144 Å². The van der Waals surface area contributed by atoms with E-state index in [-0.39, 0.29) is 0 Å². The molecule has 0 radical (unpaired) electrons. The summed E-state index contributed by atoms with van der Waals surface area (Å²) >= 11 is 7.08. The molecule has 0 atom stereocenters. The van der Waals surface area contributed by atoms with Crippen molar-refractivity contribution in [2.24, 2.45) is 0 Å². The van der Waals surface area contributed by atoms with Crippen LogP contribution in [0.1, 0.15) is 11.1 Å². The van der Waals surface area contributed by atoms with Crippen LogP contribution in [0.25, 0.3) is 33.8 Å². The van der Waals surface area contributed by atoms with Crippen LogP contribution < -0.4 is 10.6 Å². The number of nitrogens with zero attached hydrogens (tertiary/aromatic N) is 8. The molecule has 8 rings (SSSR count). The van der Waals surface area contributed by atoms with Gasteiger partial charge in [0.1, 0.15) is 9.21 Å². The van der Waals surface area contributed by atoms with Crippen molar-refractivity contribution in [1.29, 1.82) is 0 Å². The van der Waals surface area contributed by atoms with E-state index in [1.807, 2.05) is 112 Å². The first-order chi connectivity index (χ1) is 23.6. The lowest BCUT2D eigenvalue weighted by Crippen LogP contribution is -2.05. The molecule has 0 fully saturated rings. The highest BCUT2D eigenvalue weighted by Gasteiger charge is 2.13. The van der Waals surface area contributed by atoms with Crippen molar-refractivity contribution in [2.45, 2.75) is 13.1 Å². The number of aromatic nitrogens is 8. The van der Waals surface area contributed by atoms with Crippen molar-refractivity contribution in [2.75, 3.05) is 10.6 Å². The van der Waals surface area contributed by atoms with Crippen LogP contribution in [0.4, 0.5) is 11.6 Å². The second-order valence-corrected chi connectivity index (χ2v) is 12.3. The van der Waals surface area contributed by atoms with Gasteiger partial charge in [0, 0.05) is 61.4 Å². The first-order valence-corrected chi connectivity index (χ1v) is 16.6. The maximum absolute atomic E-state index is 4.77. The first-order valence-electron chi connectivity index (χ1n) is 15.1. The van der Waals surface area contributed by atoms with Gasteiger partial charge in [0.2, 0.25) is 0 Å². The molecule has 0 amide bonds.